The zero-order valence-electron chi connectivity index (χ0n) is 29.3. The van der Waals surface area contributed by atoms with Crippen molar-refractivity contribution < 1.29 is 34.7 Å². The molecule has 2 fully saturated rings. The predicted molar refractivity (Wildman–Crippen MR) is 188 cm³/mol. The van der Waals surface area contributed by atoms with Gasteiger partial charge >= 0.3 is 5.97 Å². The number of carbonyl (C=O) groups excluding carboxylic acids is 1. The molecule has 8 atom stereocenters. The second-order valence-electron chi connectivity index (χ2n) is 14.9. The number of piperidine rings is 1. The number of benzene rings is 1. The van der Waals surface area contributed by atoms with Crippen LogP contribution in [-0.4, -0.2) is 81.9 Å². The van der Waals surface area contributed by atoms with Crippen molar-refractivity contribution in [2.75, 3.05) is 13.1 Å². The van der Waals surface area contributed by atoms with Crippen molar-refractivity contribution in [3.05, 3.63) is 23.3 Å². The number of aromatic hydroxyl groups is 1. The van der Waals surface area contributed by atoms with Gasteiger partial charge in [-0.1, -0.05) is 37.5 Å². The molecule has 0 unspecified atom stereocenters. The number of ether oxygens (including phenoxy) is 2. The molecule has 1 aromatic carbocycles. The summed E-state index contributed by atoms with van der Waals surface area (Å²) in [4.78, 5) is 17.2. The summed E-state index contributed by atoms with van der Waals surface area (Å²) in [5.41, 5.74) is 6.76. The van der Waals surface area contributed by atoms with Crippen LogP contribution in [0, 0.1) is 29.1 Å². The van der Waals surface area contributed by atoms with Gasteiger partial charge in [0.25, 0.3) is 0 Å². The Morgan fingerprint density at radius 3 is 2.69 bits per heavy atom. The summed E-state index contributed by atoms with van der Waals surface area (Å²) >= 11 is 0. The third kappa shape index (κ3) is 10.0. The van der Waals surface area contributed by atoms with Crippen LogP contribution in [0.2, 0.25) is 0 Å². The minimum Gasteiger partial charge on any atom is -0.504 e. The number of nitrogens with one attached hydrogen (secondary N) is 2. The van der Waals surface area contributed by atoms with Crippen molar-refractivity contribution in [1.29, 1.82) is 0 Å². The van der Waals surface area contributed by atoms with E-state index in [2.05, 4.69) is 22.5 Å². The molecular weight excluding hydrogens is 624 g/mol. The third-order valence-electron chi connectivity index (χ3n) is 11.2. The molecule has 1 saturated carbocycles. The van der Waals surface area contributed by atoms with Crippen LogP contribution in [0.15, 0.2) is 17.1 Å². The molecule has 4 aliphatic rings. The van der Waals surface area contributed by atoms with Crippen molar-refractivity contribution in [2.24, 2.45) is 28.0 Å². The van der Waals surface area contributed by atoms with Crippen molar-refractivity contribution in [1.82, 2.24) is 10.6 Å². The first-order valence-electron chi connectivity index (χ1n) is 18.5. The van der Waals surface area contributed by atoms with Crippen LogP contribution in [-0.2, 0) is 22.6 Å². The maximum Gasteiger partial charge on any atom is 0.302 e. The highest BCUT2D eigenvalue weighted by Gasteiger charge is 2.39. The fourth-order valence-corrected chi connectivity index (χ4v) is 8.25. The molecule has 0 radical (unpaired) electrons. The summed E-state index contributed by atoms with van der Waals surface area (Å²) in [7, 11) is 0. The standard InChI is InChI=1S/C38H58N4O7/c1-24(44)38(23-41-37(39)42-29-8-4-3-5-9-29)14-11-26-7-6-10-30-20-32(13-16-40-30)49-36-19-27(28(22-43)18-34(36)47)17-33(26)35(48-25(2)45)21-31(46)12-15-38/h18-19,24,26,29-33,35,40,43-44,46-47H,3-10,12-13,15-17,20-23H2,1-2H3,(H3,39,41,42)/t24-,26+,30-,31-,32-,33+,35-,38+/m0/s1. The molecule has 11 nitrogen and oxygen atoms in total. The fraction of sp³-hybridized carbons (Fsp3) is 0.737. The molecule has 1 saturated heterocycles. The fourth-order valence-electron chi connectivity index (χ4n) is 8.25. The van der Waals surface area contributed by atoms with Gasteiger partial charge in [0.1, 0.15) is 12.2 Å². The van der Waals surface area contributed by atoms with E-state index in [4.69, 9.17) is 20.2 Å². The summed E-state index contributed by atoms with van der Waals surface area (Å²) < 4.78 is 12.3. The van der Waals surface area contributed by atoms with Gasteiger partial charge in [0.15, 0.2) is 17.5 Å². The number of aliphatic imine (C=N–C) groups is 1. The number of fused-ring (bicyclic) bond motifs is 5. The maximum atomic E-state index is 12.5. The second kappa shape index (κ2) is 17.3. The average molecular weight is 683 g/mol. The second-order valence-corrected chi connectivity index (χ2v) is 14.9. The lowest BCUT2D eigenvalue weighted by Crippen LogP contribution is -2.43. The minimum absolute atomic E-state index is 0.0217. The Morgan fingerprint density at radius 2 is 1.96 bits per heavy atom. The van der Waals surface area contributed by atoms with Gasteiger partial charge in [-0.3, -0.25) is 9.79 Å². The van der Waals surface area contributed by atoms with E-state index in [1.807, 2.05) is 0 Å². The van der Waals surface area contributed by atoms with Crippen molar-refractivity contribution >= 4 is 11.9 Å². The SMILES string of the molecule is CC(=O)O[C@H]1C[C@@H](O)CC[C@](CN=C(N)NC2CCCCC2)([C@H](C)O)C#C[C@H]2CCC[C@H]3C[C@H](CCN3)Oc3cc(c(CO)cc3O)C[C@@H]12. The first-order chi connectivity index (χ1) is 23.5. The molecule has 11 heteroatoms. The van der Waals surface area contributed by atoms with Gasteiger partial charge in [-0.25, -0.2) is 0 Å². The Bertz CT molecular complexity index is 1350. The molecule has 5 rings (SSSR count). The molecule has 0 aromatic heterocycles. The zero-order chi connectivity index (χ0) is 35.0. The predicted octanol–water partition coefficient (Wildman–Crippen LogP) is 3.43. The van der Waals surface area contributed by atoms with Gasteiger partial charge in [-0.15, -0.1) is 0 Å². The van der Waals surface area contributed by atoms with E-state index in [0.717, 1.165) is 50.6 Å². The molecule has 272 valence electrons. The number of aliphatic hydroxyl groups excluding tert-OH is 3. The van der Waals surface area contributed by atoms with Crippen molar-refractivity contribution in [3.63, 3.8) is 0 Å². The highest BCUT2D eigenvalue weighted by Crippen LogP contribution is 2.39. The number of carbonyl (C=O) groups is 1. The van der Waals surface area contributed by atoms with Gasteiger partial charge in [0, 0.05) is 37.3 Å². The average Bonchev–Trinajstić information content (AvgIpc) is 3.07. The summed E-state index contributed by atoms with van der Waals surface area (Å²) in [6.45, 7) is 3.81. The van der Waals surface area contributed by atoms with E-state index in [0.29, 0.717) is 49.0 Å². The first-order valence-corrected chi connectivity index (χ1v) is 18.5. The number of nitrogens with zero attached hydrogens (tertiary/aromatic N) is 1. The molecule has 2 aliphatic carbocycles. The van der Waals surface area contributed by atoms with Crippen LogP contribution in [0.25, 0.3) is 0 Å². The van der Waals surface area contributed by atoms with Gasteiger partial charge < -0.3 is 46.3 Å². The number of esters is 1. The topological polar surface area (TPSA) is 179 Å². The van der Waals surface area contributed by atoms with E-state index in [9.17, 15) is 25.2 Å². The summed E-state index contributed by atoms with van der Waals surface area (Å²) in [6.07, 6.45) is 8.68. The van der Waals surface area contributed by atoms with Crippen LogP contribution >= 0.6 is 0 Å². The van der Waals surface area contributed by atoms with Crippen LogP contribution in [0.3, 0.4) is 0 Å². The van der Waals surface area contributed by atoms with E-state index < -0.39 is 29.7 Å². The number of rotatable bonds is 6. The van der Waals surface area contributed by atoms with Gasteiger partial charge in [0.2, 0.25) is 0 Å². The molecule has 1 aromatic rings. The van der Waals surface area contributed by atoms with E-state index in [1.165, 1.54) is 26.2 Å². The number of phenolic OH excluding ortho intramolecular Hbond substituents is 1. The normalized spacial score (nSPS) is 32.3. The lowest BCUT2D eigenvalue weighted by atomic mass is 9.73. The number of hydrogen-bond acceptors (Lipinski definition) is 9. The van der Waals surface area contributed by atoms with E-state index in [1.54, 1.807) is 19.1 Å². The summed E-state index contributed by atoms with van der Waals surface area (Å²) in [5.74, 6) is 6.71. The number of guanidine groups is 1. The van der Waals surface area contributed by atoms with Crippen LogP contribution in [0.4, 0.5) is 0 Å². The summed E-state index contributed by atoms with van der Waals surface area (Å²) in [6, 6.07) is 3.89. The number of phenols is 1. The molecule has 49 heavy (non-hydrogen) atoms. The number of aliphatic hydroxyl groups is 3. The number of hydrogen-bond donors (Lipinski definition) is 7. The molecule has 0 amide bonds. The third-order valence-corrected chi connectivity index (χ3v) is 11.2. The van der Waals surface area contributed by atoms with Crippen molar-refractivity contribution in [3.8, 4) is 23.3 Å². The minimum atomic E-state index is -0.951. The Labute approximate surface area is 291 Å². The van der Waals surface area contributed by atoms with Crippen LogP contribution < -0.4 is 21.1 Å². The molecule has 2 heterocycles. The zero-order valence-corrected chi connectivity index (χ0v) is 29.3. The summed E-state index contributed by atoms with van der Waals surface area (Å²) in [5, 5.41) is 51.0. The molecule has 2 aliphatic heterocycles. The molecule has 0 spiro atoms. The van der Waals surface area contributed by atoms with E-state index >= 15 is 0 Å². The highest BCUT2D eigenvalue weighted by molar-refractivity contribution is 5.78. The first kappa shape index (κ1) is 37.2. The molecular formula is C38H58N4O7. The maximum absolute atomic E-state index is 12.5. The monoisotopic (exact) mass is 682 g/mol. The van der Waals surface area contributed by atoms with Crippen LogP contribution in [0.5, 0.6) is 11.5 Å². The van der Waals surface area contributed by atoms with Crippen LogP contribution in [0.1, 0.15) is 108 Å². The lowest BCUT2D eigenvalue weighted by Gasteiger charge is -2.36. The quantitative estimate of drug-likeness (QED) is 0.102. The smallest absolute Gasteiger partial charge is 0.302 e. The van der Waals surface area contributed by atoms with Gasteiger partial charge in [-0.05, 0) is 94.5 Å². The highest BCUT2D eigenvalue weighted by atomic mass is 16.5. The van der Waals surface area contributed by atoms with Gasteiger partial charge in [-0.2, -0.15) is 0 Å². The molecule has 8 N–H and O–H groups in total. The Morgan fingerprint density at radius 1 is 1.16 bits per heavy atom. The van der Waals surface area contributed by atoms with Crippen molar-refractivity contribution in [2.45, 2.75) is 147 Å². The Balaban J connectivity index is 1.56. The van der Waals surface area contributed by atoms with Gasteiger partial charge in [0.05, 0.1) is 30.8 Å². The Hall–Kier alpha value is -3.04. The van der Waals surface area contributed by atoms with E-state index in [-0.39, 0.29) is 49.3 Å². The number of nitrogens with two attached hydrogens (primary N) is 1. The lowest BCUT2D eigenvalue weighted by molar-refractivity contribution is -0.152. The largest absolute Gasteiger partial charge is 0.504 e. The molecule has 4 bridgehead atoms. The Kier molecular flexibility index (Phi) is 13.1.